The van der Waals surface area contributed by atoms with Gasteiger partial charge in [-0.1, -0.05) is 0 Å². The third-order valence-corrected chi connectivity index (χ3v) is 5.29. The molecular weight excluding hydrogens is 405 g/mol. The minimum absolute atomic E-state index is 0. The Hall–Kier alpha value is -1.25. The second kappa shape index (κ2) is 11.1. The zero-order valence-electron chi connectivity index (χ0n) is 16.5. The van der Waals surface area contributed by atoms with E-state index in [9.17, 15) is 4.79 Å². The summed E-state index contributed by atoms with van der Waals surface area (Å²) in [5.41, 5.74) is 6.73. The van der Waals surface area contributed by atoms with Crippen LogP contribution >= 0.6 is 24.8 Å². The number of hydrogen-bond donors (Lipinski definition) is 1. The van der Waals surface area contributed by atoms with Crippen molar-refractivity contribution < 1.29 is 19.0 Å². The van der Waals surface area contributed by atoms with E-state index in [0.717, 1.165) is 36.7 Å². The number of amides is 1. The standard InChI is InChI=1S/C19H29N3O4.2ClH/c1-24-16-11-15(12-17(13-16)25-2)14-21-5-7-22(8-6-21)18(23)19(20)3-9-26-10-4-19;;/h11-13H,3-10,14,20H2,1-2H3;2*1H. The number of nitrogens with zero attached hydrogens (tertiary/aromatic N) is 2. The van der Waals surface area contributed by atoms with Gasteiger partial charge in [0.15, 0.2) is 0 Å². The first kappa shape index (κ1) is 24.8. The third kappa shape index (κ3) is 5.87. The van der Waals surface area contributed by atoms with E-state index in [0.29, 0.717) is 39.1 Å². The van der Waals surface area contributed by atoms with Crippen molar-refractivity contribution in [3.8, 4) is 11.5 Å². The number of benzene rings is 1. The second-order valence-electron chi connectivity index (χ2n) is 7.06. The number of rotatable bonds is 5. The Morgan fingerprint density at radius 1 is 1.04 bits per heavy atom. The van der Waals surface area contributed by atoms with Crippen molar-refractivity contribution in [1.82, 2.24) is 9.80 Å². The van der Waals surface area contributed by atoms with Gasteiger partial charge in [-0.25, -0.2) is 0 Å². The molecule has 160 valence electrons. The molecule has 1 amide bonds. The summed E-state index contributed by atoms with van der Waals surface area (Å²) in [5.74, 6) is 1.65. The molecule has 28 heavy (non-hydrogen) atoms. The summed E-state index contributed by atoms with van der Waals surface area (Å²) in [6, 6.07) is 5.92. The number of halogens is 2. The van der Waals surface area contributed by atoms with Crippen molar-refractivity contribution in [3.63, 3.8) is 0 Å². The van der Waals surface area contributed by atoms with Crippen molar-refractivity contribution in [2.45, 2.75) is 24.9 Å². The predicted molar refractivity (Wildman–Crippen MR) is 113 cm³/mol. The molecule has 7 nitrogen and oxygen atoms in total. The second-order valence-corrected chi connectivity index (χ2v) is 7.06. The minimum atomic E-state index is -0.749. The Morgan fingerprint density at radius 3 is 2.07 bits per heavy atom. The van der Waals surface area contributed by atoms with Gasteiger partial charge in [0.05, 0.1) is 19.8 Å². The Kier molecular flexibility index (Phi) is 9.80. The zero-order valence-corrected chi connectivity index (χ0v) is 18.2. The van der Waals surface area contributed by atoms with E-state index < -0.39 is 5.54 Å². The van der Waals surface area contributed by atoms with E-state index >= 15 is 0 Å². The van der Waals surface area contributed by atoms with Crippen LogP contribution in [0.15, 0.2) is 18.2 Å². The summed E-state index contributed by atoms with van der Waals surface area (Å²) in [6.07, 6.45) is 1.21. The molecule has 1 aromatic carbocycles. The van der Waals surface area contributed by atoms with E-state index in [1.165, 1.54) is 0 Å². The van der Waals surface area contributed by atoms with E-state index in [1.54, 1.807) is 14.2 Å². The van der Waals surface area contributed by atoms with Crippen LogP contribution in [0.4, 0.5) is 0 Å². The molecule has 3 rings (SSSR count). The molecule has 1 aromatic rings. The van der Waals surface area contributed by atoms with Crippen LogP contribution in [0, 0.1) is 0 Å². The van der Waals surface area contributed by atoms with Crippen LogP contribution in [0.2, 0.25) is 0 Å². The molecule has 0 unspecified atom stereocenters. The molecular formula is C19H31Cl2N3O4. The SMILES string of the molecule is COc1cc(CN2CCN(C(=O)C3(N)CCOCC3)CC2)cc(OC)c1.Cl.Cl. The van der Waals surface area contributed by atoms with E-state index in [2.05, 4.69) is 4.90 Å². The Balaban J connectivity index is 0.00000196. The first-order valence-electron chi connectivity index (χ1n) is 9.14. The maximum Gasteiger partial charge on any atom is 0.242 e. The average molecular weight is 436 g/mol. The average Bonchev–Trinajstić information content (AvgIpc) is 2.68. The fourth-order valence-corrected chi connectivity index (χ4v) is 3.59. The fourth-order valence-electron chi connectivity index (χ4n) is 3.59. The first-order valence-corrected chi connectivity index (χ1v) is 9.14. The summed E-state index contributed by atoms with van der Waals surface area (Å²) < 4.78 is 16.0. The van der Waals surface area contributed by atoms with Crippen LogP contribution in [0.1, 0.15) is 18.4 Å². The van der Waals surface area contributed by atoms with Gasteiger partial charge in [0, 0.05) is 52.0 Å². The molecule has 0 spiro atoms. The van der Waals surface area contributed by atoms with Gasteiger partial charge in [-0.15, -0.1) is 24.8 Å². The first-order chi connectivity index (χ1) is 12.5. The molecule has 9 heteroatoms. The molecule has 2 aliphatic heterocycles. The summed E-state index contributed by atoms with van der Waals surface area (Å²) in [4.78, 5) is 17.0. The maximum absolute atomic E-state index is 12.8. The van der Waals surface area contributed by atoms with Crippen LogP contribution in [-0.2, 0) is 16.1 Å². The van der Waals surface area contributed by atoms with Crippen molar-refractivity contribution >= 4 is 30.7 Å². The number of nitrogens with two attached hydrogens (primary N) is 1. The van der Waals surface area contributed by atoms with Crippen molar-refractivity contribution in [2.75, 3.05) is 53.6 Å². The van der Waals surface area contributed by atoms with Crippen molar-refractivity contribution in [1.29, 1.82) is 0 Å². The third-order valence-electron chi connectivity index (χ3n) is 5.29. The molecule has 2 heterocycles. The highest BCUT2D eigenvalue weighted by Crippen LogP contribution is 2.25. The molecule has 2 aliphatic rings. The fraction of sp³-hybridized carbons (Fsp3) is 0.632. The molecule has 0 aliphatic carbocycles. The largest absolute Gasteiger partial charge is 0.497 e. The van der Waals surface area contributed by atoms with Gasteiger partial charge >= 0.3 is 0 Å². The van der Waals surface area contributed by atoms with Crippen LogP contribution in [0.25, 0.3) is 0 Å². The molecule has 2 N–H and O–H groups in total. The van der Waals surface area contributed by atoms with Gasteiger partial charge in [-0.2, -0.15) is 0 Å². The van der Waals surface area contributed by atoms with Gasteiger partial charge < -0.3 is 24.8 Å². The Morgan fingerprint density at radius 2 is 1.57 bits per heavy atom. The molecule has 0 radical (unpaired) electrons. The molecule has 0 bridgehead atoms. The number of methoxy groups -OCH3 is 2. The lowest BCUT2D eigenvalue weighted by molar-refractivity contribution is -0.142. The Labute approximate surface area is 179 Å². The lowest BCUT2D eigenvalue weighted by Crippen LogP contribution is -2.61. The lowest BCUT2D eigenvalue weighted by Gasteiger charge is -2.41. The molecule has 2 fully saturated rings. The van der Waals surface area contributed by atoms with Gasteiger partial charge in [-0.05, 0) is 30.5 Å². The van der Waals surface area contributed by atoms with E-state index in [-0.39, 0.29) is 30.7 Å². The van der Waals surface area contributed by atoms with Gasteiger partial charge in [-0.3, -0.25) is 9.69 Å². The van der Waals surface area contributed by atoms with Crippen molar-refractivity contribution in [2.24, 2.45) is 5.73 Å². The number of piperazine rings is 1. The quantitative estimate of drug-likeness (QED) is 0.757. The number of hydrogen-bond acceptors (Lipinski definition) is 6. The molecule has 2 saturated heterocycles. The minimum Gasteiger partial charge on any atom is -0.497 e. The van der Waals surface area contributed by atoms with Gasteiger partial charge in [0.1, 0.15) is 11.5 Å². The van der Waals surface area contributed by atoms with E-state index in [4.69, 9.17) is 19.9 Å². The highest BCUT2D eigenvalue weighted by Gasteiger charge is 2.39. The number of ether oxygens (including phenoxy) is 3. The molecule has 0 atom stereocenters. The highest BCUT2D eigenvalue weighted by atomic mass is 35.5. The monoisotopic (exact) mass is 435 g/mol. The summed E-state index contributed by atoms with van der Waals surface area (Å²) in [5, 5.41) is 0. The van der Waals surface area contributed by atoms with Crippen LogP contribution < -0.4 is 15.2 Å². The van der Waals surface area contributed by atoms with Crippen molar-refractivity contribution in [3.05, 3.63) is 23.8 Å². The molecule has 0 saturated carbocycles. The highest BCUT2D eigenvalue weighted by molar-refractivity contribution is 5.86. The summed E-state index contributed by atoms with van der Waals surface area (Å²) in [7, 11) is 3.31. The zero-order chi connectivity index (χ0) is 18.6. The Bertz CT molecular complexity index is 611. The summed E-state index contributed by atoms with van der Waals surface area (Å²) >= 11 is 0. The molecule has 0 aromatic heterocycles. The van der Waals surface area contributed by atoms with Crippen LogP contribution in [-0.4, -0.2) is 74.9 Å². The number of carbonyl (C=O) groups excluding carboxylic acids is 1. The van der Waals surface area contributed by atoms with Gasteiger partial charge in [0.25, 0.3) is 0 Å². The van der Waals surface area contributed by atoms with Gasteiger partial charge in [0.2, 0.25) is 5.91 Å². The topological polar surface area (TPSA) is 77.3 Å². The maximum atomic E-state index is 12.8. The normalized spacial score (nSPS) is 19.2. The van der Waals surface area contributed by atoms with Crippen LogP contribution in [0.5, 0.6) is 11.5 Å². The lowest BCUT2D eigenvalue weighted by atomic mass is 9.89. The van der Waals surface area contributed by atoms with E-state index in [1.807, 2.05) is 23.1 Å². The smallest absolute Gasteiger partial charge is 0.242 e. The number of carbonyl (C=O) groups is 1. The van der Waals surface area contributed by atoms with Crippen LogP contribution in [0.3, 0.4) is 0 Å². The summed E-state index contributed by atoms with van der Waals surface area (Å²) in [6.45, 7) is 5.02. The predicted octanol–water partition coefficient (Wildman–Crippen LogP) is 1.70.